The van der Waals surface area contributed by atoms with Crippen molar-refractivity contribution in [2.75, 3.05) is 0 Å². The highest BCUT2D eigenvalue weighted by Gasteiger charge is 2.21. The van der Waals surface area contributed by atoms with Crippen LogP contribution in [0.1, 0.15) is 41.0 Å². The first-order chi connectivity index (χ1) is 8.93. The Labute approximate surface area is 111 Å². The lowest BCUT2D eigenvalue weighted by molar-refractivity contribution is -0.139. The Balaban J connectivity index is 2.81. The summed E-state index contributed by atoms with van der Waals surface area (Å²) in [6.45, 7) is 3.77. The molecule has 0 aromatic heterocycles. The van der Waals surface area contributed by atoms with E-state index in [-0.39, 0.29) is 11.5 Å². The summed E-state index contributed by atoms with van der Waals surface area (Å²) in [7, 11) is 0. The number of nitrogens with one attached hydrogen (secondary N) is 1. The molecule has 0 bridgehead atoms. The molecule has 0 spiro atoms. The maximum Gasteiger partial charge on any atom is 0.326 e. The van der Waals surface area contributed by atoms with Gasteiger partial charge in [0.25, 0.3) is 5.91 Å². The number of amides is 1. The fourth-order valence-corrected chi connectivity index (χ4v) is 1.69. The molecule has 0 aliphatic heterocycles. The van der Waals surface area contributed by atoms with Crippen molar-refractivity contribution >= 4 is 18.2 Å². The smallest absolute Gasteiger partial charge is 0.326 e. The van der Waals surface area contributed by atoms with Crippen molar-refractivity contribution in [2.45, 2.75) is 26.3 Å². The summed E-state index contributed by atoms with van der Waals surface area (Å²) < 4.78 is 0. The van der Waals surface area contributed by atoms with Crippen molar-refractivity contribution in [2.24, 2.45) is 5.92 Å². The van der Waals surface area contributed by atoms with E-state index >= 15 is 0 Å². The Morgan fingerprint density at radius 2 is 2.05 bits per heavy atom. The quantitative estimate of drug-likeness (QED) is 0.765. The van der Waals surface area contributed by atoms with Gasteiger partial charge in [0.05, 0.1) is 0 Å². The van der Waals surface area contributed by atoms with Gasteiger partial charge in [0.1, 0.15) is 12.3 Å². The highest BCUT2D eigenvalue weighted by Crippen LogP contribution is 2.08. The van der Waals surface area contributed by atoms with Gasteiger partial charge in [-0.1, -0.05) is 26.0 Å². The lowest BCUT2D eigenvalue weighted by Gasteiger charge is -2.16. The molecular formula is C14H17NO4. The predicted molar refractivity (Wildman–Crippen MR) is 70.2 cm³/mol. The maximum absolute atomic E-state index is 11.9. The lowest BCUT2D eigenvalue weighted by Crippen LogP contribution is -2.41. The van der Waals surface area contributed by atoms with Gasteiger partial charge in [-0.3, -0.25) is 9.59 Å². The number of carbonyl (C=O) groups excluding carboxylic acids is 2. The molecule has 0 fully saturated rings. The number of benzene rings is 1. The van der Waals surface area contributed by atoms with E-state index in [0.29, 0.717) is 18.3 Å². The Bertz CT molecular complexity index is 482. The van der Waals surface area contributed by atoms with Gasteiger partial charge >= 0.3 is 5.97 Å². The zero-order valence-electron chi connectivity index (χ0n) is 10.9. The van der Waals surface area contributed by atoms with Gasteiger partial charge in [-0.05, 0) is 24.5 Å². The summed E-state index contributed by atoms with van der Waals surface area (Å²) >= 11 is 0. The van der Waals surface area contributed by atoms with E-state index in [1.807, 2.05) is 13.8 Å². The third kappa shape index (κ3) is 4.54. The molecule has 1 atom stereocenters. The molecular weight excluding hydrogens is 246 g/mol. The molecule has 19 heavy (non-hydrogen) atoms. The number of aliphatic carboxylic acids is 1. The maximum atomic E-state index is 11.9. The number of carbonyl (C=O) groups is 3. The van der Waals surface area contributed by atoms with Crippen LogP contribution in [0.2, 0.25) is 0 Å². The molecule has 0 saturated heterocycles. The van der Waals surface area contributed by atoms with Crippen LogP contribution in [0.4, 0.5) is 0 Å². The van der Waals surface area contributed by atoms with Crippen LogP contribution in [-0.4, -0.2) is 29.3 Å². The van der Waals surface area contributed by atoms with Crippen LogP contribution in [0.3, 0.4) is 0 Å². The van der Waals surface area contributed by atoms with Crippen molar-refractivity contribution in [3.8, 4) is 0 Å². The summed E-state index contributed by atoms with van der Waals surface area (Å²) in [6, 6.07) is 5.20. The van der Waals surface area contributed by atoms with E-state index in [1.165, 1.54) is 12.1 Å². The summed E-state index contributed by atoms with van der Waals surface area (Å²) in [4.78, 5) is 33.6. The van der Waals surface area contributed by atoms with Crippen LogP contribution < -0.4 is 5.32 Å². The van der Waals surface area contributed by atoms with E-state index < -0.39 is 17.9 Å². The van der Waals surface area contributed by atoms with Gasteiger partial charge in [-0.15, -0.1) is 0 Å². The first-order valence-electron chi connectivity index (χ1n) is 6.03. The molecule has 0 saturated carbocycles. The number of aldehydes is 1. The first-order valence-corrected chi connectivity index (χ1v) is 6.03. The molecule has 0 unspecified atom stereocenters. The third-order valence-electron chi connectivity index (χ3n) is 2.60. The van der Waals surface area contributed by atoms with Crippen LogP contribution in [0.5, 0.6) is 0 Å². The Morgan fingerprint density at radius 1 is 1.37 bits per heavy atom. The molecule has 1 rings (SSSR count). The molecule has 1 aromatic carbocycles. The van der Waals surface area contributed by atoms with Gasteiger partial charge in [-0.25, -0.2) is 4.79 Å². The topological polar surface area (TPSA) is 83.5 Å². The highest BCUT2D eigenvalue weighted by atomic mass is 16.4. The van der Waals surface area contributed by atoms with E-state index in [4.69, 9.17) is 5.11 Å². The minimum absolute atomic E-state index is 0.155. The predicted octanol–water partition coefficient (Wildman–Crippen LogP) is 1.73. The molecule has 0 radical (unpaired) electrons. The molecule has 102 valence electrons. The largest absolute Gasteiger partial charge is 0.480 e. The third-order valence-corrected chi connectivity index (χ3v) is 2.60. The Kier molecular flexibility index (Phi) is 5.23. The van der Waals surface area contributed by atoms with Crippen LogP contribution >= 0.6 is 0 Å². The molecule has 1 amide bonds. The Morgan fingerprint density at radius 3 is 2.58 bits per heavy atom. The number of hydrogen-bond acceptors (Lipinski definition) is 3. The minimum Gasteiger partial charge on any atom is -0.480 e. The van der Waals surface area contributed by atoms with E-state index in [2.05, 4.69) is 5.32 Å². The van der Waals surface area contributed by atoms with Crippen molar-refractivity contribution in [1.29, 1.82) is 0 Å². The average Bonchev–Trinajstić information content (AvgIpc) is 2.37. The fraction of sp³-hybridized carbons (Fsp3) is 0.357. The highest BCUT2D eigenvalue weighted by molar-refractivity contribution is 5.97. The summed E-state index contributed by atoms with van der Waals surface area (Å²) in [6.07, 6.45) is 0.994. The Hall–Kier alpha value is -2.17. The van der Waals surface area contributed by atoms with Crippen LogP contribution in [-0.2, 0) is 4.79 Å². The van der Waals surface area contributed by atoms with Gasteiger partial charge in [0.2, 0.25) is 0 Å². The summed E-state index contributed by atoms with van der Waals surface area (Å²) in [5, 5.41) is 11.5. The first kappa shape index (κ1) is 14.9. The number of rotatable bonds is 6. The summed E-state index contributed by atoms with van der Waals surface area (Å²) in [5.74, 6) is -1.40. The lowest BCUT2D eigenvalue weighted by atomic mass is 10.0. The van der Waals surface area contributed by atoms with Gasteiger partial charge in [0, 0.05) is 11.1 Å². The molecule has 0 heterocycles. The summed E-state index contributed by atoms with van der Waals surface area (Å²) in [5.41, 5.74) is 0.656. The van der Waals surface area contributed by atoms with Crippen molar-refractivity contribution in [3.05, 3.63) is 35.4 Å². The molecule has 2 N–H and O–H groups in total. The molecule has 1 aromatic rings. The molecule has 0 aliphatic rings. The van der Waals surface area contributed by atoms with E-state index in [1.54, 1.807) is 12.1 Å². The number of carboxylic acids is 1. The van der Waals surface area contributed by atoms with Gasteiger partial charge in [0.15, 0.2) is 0 Å². The average molecular weight is 263 g/mol. The fourth-order valence-electron chi connectivity index (χ4n) is 1.69. The second kappa shape index (κ2) is 6.68. The van der Waals surface area contributed by atoms with Crippen molar-refractivity contribution in [3.63, 3.8) is 0 Å². The van der Waals surface area contributed by atoms with Gasteiger partial charge in [-0.2, -0.15) is 0 Å². The monoisotopic (exact) mass is 263 g/mol. The SMILES string of the molecule is CC(C)C[C@@H](NC(=O)c1cccc(C=O)c1)C(=O)O. The normalized spacial score (nSPS) is 11.9. The number of carboxylic acid groups (broad SMARTS) is 1. The van der Waals surface area contributed by atoms with Gasteiger partial charge < -0.3 is 10.4 Å². The van der Waals surface area contributed by atoms with Crippen LogP contribution in [0.15, 0.2) is 24.3 Å². The standard InChI is InChI=1S/C14H17NO4/c1-9(2)6-12(14(18)19)15-13(17)11-5-3-4-10(7-11)8-16/h3-5,7-9,12H,6H2,1-2H3,(H,15,17)(H,18,19)/t12-/m1/s1. The molecule has 5 heteroatoms. The van der Waals surface area contributed by atoms with E-state index in [0.717, 1.165) is 0 Å². The molecule has 5 nitrogen and oxygen atoms in total. The molecule has 0 aliphatic carbocycles. The van der Waals surface area contributed by atoms with Crippen LogP contribution in [0.25, 0.3) is 0 Å². The zero-order chi connectivity index (χ0) is 14.4. The second-order valence-electron chi connectivity index (χ2n) is 4.74. The van der Waals surface area contributed by atoms with Crippen LogP contribution in [0, 0.1) is 5.92 Å². The minimum atomic E-state index is -1.06. The van der Waals surface area contributed by atoms with Crippen molar-refractivity contribution < 1.29 is 19.5 Å². The zero-order valence-corrected chi connectivity index (χ0v) is 10.9. The number of hydrogen-bond donors (Lipinski definition) is 2. The van der Waals surface area contributed by atoms with Crippen molar-refractivity contribution in [1.82, 2.24) is 5.32 Å². The van der Waals surface area contributed by atoms with E-state index in [9.17, 15) is 14.4 Å². The second-order valence-corrected chi connectivity index (χ2v) is 4.74.